The van der Waals surface area contributed by atoms with Gasteiger partial charge in [0.2, 0.25) is 0 Å². The molecule has 1 aliphatic carbocycles. The van der Waals surface area contributed by atoms with Crippen molar-refractivity contribution in [1.82, 2.24) is 4.57 Å². The first-order valence-corrected chi connectivity index (χ1v) is 7.02. The van der Waals surface area contributed by atoms with Gasteiger partial charge in [0.25, 0.3) is 0 Å². The van der Waals surface area contributed by atoms with Crippen LogP contribution in [0.5, 0.6) is 0 Å². The molecule has 1 aromatic rings. The third-order valence-electron chi connectivity index (χ3n) is 4.06. The molecule has 1 N–H and O–H groups in total. The fourth-order valence-electron chi connectivity index (χ4n) is 2.92. The molecule has 0 spiro atoms. The predicted molar refractivity (Wildman–Crippen MR) is 73.6 cm³/mol. The Balaban J connectivity index is 2.00. The van der Waals surface area contributed by atoms with Crippen molar-refractivity contribution in [3.8, 4) is 0 Å². The highest BCUT2D eigenvalue weighted by atomic mass is 16.4. The van der Waals surface area contributed by atoms with E-state index < -0.39 is 11.4 Å². The molecule has 4 nitrogen and oxygen atoms in total. The predicted octanol–water partition coefficient (Wildman–Crippen LogP) is 2.83. The summed E-state index contributed by atoms with van der Waals surface area (Å²) in [5.41, 5.74) is 0.296. The lowest BCUT2D eigenvalue weighted by Crippen LogP contribution is -2.19. The lowest BCUT2D eigenvalue weighted by Gasteiger charge is -2.13. The van der Waals surface area contributed by atoms with Crippen molar-refractivity contribution in [2.24, 2.45) is 5.92 Å². The minimum Gasteiger partial charge on any atom is -0.477 e. The van der Waals surface area contributed by atoms with Crippen molar-refractivity contribution in [2.75, 3.05) is 0 Å². The van der Waals surface area contributed by atoms with E-state index in [2.05, 4.69) is 0 Å². The van der Waals surface area contributed by atoms with Gasteiger partial charge in [-0.2, -0.15) is 0 Å². The molecule has 19 heavy (non-hydrogen) atoms. The highest BCUT2D eigenvalue weighted by molar-refractivity contribution is 5.87. The number of nitrogens with zero attached hydrogens (tertiary/aromatic N) is 1. The average Bonchev–Trinajstić information content (AvgIpc) is 2.84. The molecule has 0 amide bonds. The standard InChI is InChI=1S/C15H21NO3/c1-11-9-14(17)13(15(18)19)10-16(11)8-4-7-12-5-2-3-6-12/h9-10,12H,2-8H2,1H3,(H,18,19). The molecule has 1 saturated carbocycles. The zero-order chi connectivity index (χ0) is 13.8. The Labute approximate surface area is 113 Å². The molecule has 1 aromatic heterocycles. The molecule has 2 rings (SSSR count). The topological polar surface area (TPSA) is 59.3 Å². The molecule has 4 heteroatoms. The summed E-state index contributed by atoms with van der Waals surface area (Å²) in [4.78, 5) is 22.5. The molecule has 0 aliphatic heterocycles. The van der Waals surface area contributed by atoms with Crippen LogP contribution < -0.4 is 5.43 Å². The summed E-state index contributed by atoms with van der Waals surface area (Å²) in [6.45, 7) is 2.64. The first-order valence-electron chi connectivity index (χ1n) is 7.02. The Bertz CT molecular complexity index is 513. The molecular weight excluding hydrogens is 242 g/mol. The Morgan fingerprint density at radius 3 is 2.74 bits per heavy atom. The molecule has 0 bridgehead atoms. The van der Waals surface area contributed by atoms with Gasteiger partial charge in [0.05, 0.1) is 0 Å². The molecule has 0 atom stereocenters. The van der Waals surface area contributed by atoms with E-state index in [4.69, 9.17) is 5.11 Å². The van der Waals surface area contributed by atoms with Crippen LogP contribution in [0.4, 0.5) is 0 Å². The fourth-order valence-corrected chi connectivity index (χ4v) is 2.92. The summed E-state index contributed by atoms with van der Waals surface area (Å²) in [5.74, 6) is -0.298. The highest BCUT2D eigenvalue weighted by Gasteiger charge is 2.15. The molecule has 1 fully saturated rings. The Morgan fingerprint density at radius 1 is 1.42 bits per heavy atom. The number of pyridine rings is 1. The zero-order valence-electron chi connectivity index (χ0n) is 11.4. The van der Waals surface area contributed by atoms with Crippen LogP contribution in [0.2, 0.25) is 0 Å². The number of hydrogen-bond acceptors (Lipinski definition) is 2. The lowest BCUT2D eigenvalue weighted by atomic mass is 10.0. The minimum absolute atomic E-state index is 0.133. The number of aromatic carboxylic acids is 1. The Morgan fingerprint density at radius 2 is 2.11 bits per heavy atom. The number of aromatic nitrogens is 1. The van der Waals surface area contributed by atoms with Gasteiger partial charge in [0.15, 0.2) is 5.43 Å². The highest BCUT2D eigenvalue weighted by Crippen LogP contribution is 2.28. The maximum absolute atomic E-state index is 11.5. The number of rotatable bonds is 5. The van der Waals surface area contributed by atoms with Gasteiger partial charge in [0, 0.05) is 24.5 Å². The van der Waals surface area contributed by atoms with Crippen LogP contribution in [0.15, 0.2) is 17.1 Å². The normalized spacial score (nSPS) is 15.8. The van der Waals surface area contributed by atoms with Gasteiger partial charge in [-0.05, 0) is 25.7 Å². The van der Waals surface area contributed by atoms with Gasteiger partial charge >= 0.3 is 5.97 Å². The summed E-state index contributed by atoms with van der Waals surface area (Å²) in [5, 5.41) is 8.97. The summed E-state index contributed by atoms with van der Waals surface area (Å²) >= 11 is 0. The van der Waals surface area contributed by atoms with Crippen LogP contribution in [0, 0.1) is 12.8 Å². The number of aryl methyl sites for hydroxylation is 2. The van der Waals surface area contributed by atoms with E-state index >= 15 is 0 Å². The van der Waals surface area contributed by atoms with Gasteiger partial charge < -0.3 is 9.67 Å². The SMILES string of the molecule is Cc1cc(=O)c(C(=O)O)cn1CCCC1CCCC1. The maximum atomic E-state index is 11.5. The van der Waals surface area contributed by atoms with Gasteiger partial charge in [0.1, 0.15) is 5.56 Å². The second-order valence-electron chi connectivity index (χ2n) is 5.48. The lowest BCUT2D eigenvalue weighted by molar-refractivity contribution is 0.0694. The van der Waals surface area contributed by atoms with Crippen LogP contribution in [-0.2, 0) is 6.54 Å². The molecule has 1 aliphatic rings. The van der Waals surface area contributed by atoms with Crippen molar-refractivity contribution < 1.29 is 9.90 Å². The molecule has 0 saturated heterocycles. The van der Waals surface area contributed by atoms with Gasteiger partial charge in [-0.15, -0.1) is 0 Å². The number of carboxylic acid groups (broad SMARTS) is 1. The van der Waals surface area contributed by atoms with E-state index in [1.807, 2.05) is 11.5 Å². The smallest absolute Gasteiger partial charge is 0.341 e. The minimum atomic E-state index is -1.14. The van der Waals surface area contributed by atoms with Crippen molar-refractivity contribution in [3.63, 3.8) is 0 Å². The Hall–Kier alpha value is -1.58. The molecular formula is C15H21NO3. The monoisotopic (exact) mass is 263 g/mol. The van der Waals surface area contributed by atoms with Crippen LogP contribution in [0.1, 0.15) is 54.6 Å². The van der Waals surface area contributed by atoms with Crippen molar-refractivity contribution >= 4 is 5.97 Å². The van der Waals surface area contributed by atoms with Crippen LogP contribution >= 0.6 is 0 Å². The zero-order valence-corrected chi connectivity index (χ0v) is 11.4. The molecule has 0 unspecified atom stereocenters. The molecule has 0 radical (unpaired) electrons. The van der Waals surface area contributed by atoms with Gasteiger partial charge in [-0.1, -0.05) is 25.7 Å². The van der Waals surface area contributed by atoms with E-state index in [-0.39, 0.29) is 5.56 Å². The Kier molecular flexibility index (Phi) is 4.40. The third kappa shape index (κ3) is 3.46. The van der Waals surface area contributed by atoms with E-state index in [9.17, 15) is 9.59 Å². The third-order valence-corrected chi connectivity index (χ3v) is 4.06. The van der Waals surface area contributed by atoms with E-state index in [0.717, 1.165) is 24.6 Å². The van der Waals surface area contributed by atoms with Crippen LogP contribution in [0.3, 0.4) is 0 Å². The maximum Gasteiger partial charge on any atom is 0.341 e. The fraction of sp³-hybridized carbons (Fsp3) is 0.600. The van der Waals surface area contributed by atoms with Crippen molar-refractivity contribution in [2.45, 2.75) is 52.0 Å². The van der Waals surface area contributed by atoms with Crippen LogP contribution in [-0.4, -0.2) is 15.6 Å². The van der Waals surface area contributed by atoms with E-state index in [1.54, 1.807) is 0 Å². The second kappa shape index (κ2) is 6.04. The van der Waals surface area contributed by atoms with Crippen molar-refractivity contribution in [3.05, 3.63) is 33.7 Å². The molecule has 1 heterocycles. The van der Waals surface area contributed by atoms with Crippen LogP contribution in [0.25, 0.3) is 0 Å². The summed E-state index contributed by atoms with van der Waals surface area (Å²) in [6, 6.07) is 1.42. The summed E-state index contributed by atoms with van der Waals surface area (Å²) in [7, 11) is 0. The second-order valence-corrected chi connectivity index (χ2v) is 5.48. The quantitative estimate of drug-likeness (QED) is 0.888. The first kappa shape index (κ1) is 13.8. The summed E-state index contributed by atoms with van der Waals surface area (Å²) < 4.78 is 1.89. The average molecular weight is 263 g/mol. The molecule has 0 aromatic carbocycles. The number of carbonyl (C=O) groups is 1. The number of carboxylic acids is 1. The first-order chi connectivity index (χ1) is 9.08. The van der Waals surface area contributed by atoms with E-state index in [1.165, 1.54) is 44.4 Å². The molecule has 104 valence electrons. The number of hydrogen-bond donors (Lipinski definition) is 1. The van der Waals surface area contributed by atoms with Gasteiger partial charge in [-0.3, -0.25) is 4.79 Å². The summed E-state index contributed by atoms with van der Waals surface area (Å²) in [6.07, 6.45) is 9.11. The largest absolute Gasteiger partial charge is 0.477 e. The van der Waals surface area contributed by atoms with Gasteiger partial charge in [-0.25, -0.2) is 4.79 Å². The van der Waals surface area contributed by atoms with Crippen molar-refractivity contribution in [1.29, 1.82) is 0 Å². The van der Waals surface area contributed by atoms with E-state index in [0.29, 0.717) is 0 Å².